The van der Waals surface area contributed by atoms with Gasteiger partial charge in [-0.2, -0.15) is 0 Å². The van der Waals surface area contributed by atoms with Gasteiger partial charge in [-0.05, 0) is 108 Å². The van der Waals surface area contributed by atoms with Crippen LogP contribution in [0.5, 0.6) is 17.2 Å². The van der Waals surface area contributed by atoms with Crippen LogP contribution < -0.4 is 10.6 Å². The van der Waals surface area contributed by atoms with E-state index >= 15 is 17.6 Å². The Kier molecular flexibility index (Phi) is 12.5. The third-order valence-electron chi connectivity index (χ3n) is 10.8. The maximum absolute atomic E-state index is 16.7. The Labute approximate surface area is 388 Å². The molecule has 0 atom stereocenters. The lowest BCUT2D eigenvalue weighted by Crippen LogP contribution is -2.23. The van der Waals surface area contributed by atoms with E-state index in [2.05, 4.69) is 20.6 Å². The molecular weight excluding hydrogens is 901 g/mol. The maximum Gasteiger partial charge on any atom is 0.295 e. The van der Waals surface area contributed by atoms with Gasteiger partial charge in [-0.15, -0.1) is 6.42 Å². The van der Waals surface area contributed by atoms with Gasteiger partial charge in [-0.3, -0.25) is 4.79 Å². The Bertz CT molecular complexity index is 3340. The van der Waals surface area contributed by atoms with Crippen LogP contribution >= 0.6 is 21.6 Å². The molecule has 0 spiro atoms. The number of halogens is 4. The van der Waals surface area contributed by atoms with Crippen molar-refractivity contribution in [2.75, 3.05) is 29.9 Å². The number of aromatic hydroxyl groups is 3. The van der Waals surface area contributed by atoms with Crippen LogP contribution in [0.15, 0.2) is 97.1 Å². The van der Waals surface area contributed by atoms with Gasteiger partial charge in [0.2, 0.25) is 0 Å². The van der Waals surface area contributed by atoms with Crippen molar-refractivity contribution in [3.05, 3.63) is 143 Å². The van der Waals surface area contributed by atoms with Gasteiger partial charge in [0, 0.05) is 68.9 Å². The summed E-state index contributed by atoms with van der Waals surface area (Å²) < 4.78 is 65.9. The highest BCUT2D eigenvalue weighted by molar-refractivity contribution is 8.76. The number of phenols is 3. The fraction of sp³-hybridized carbons (Fsp3) is 0.0784. The van der Waals surface area contributed by atoms with Gasteiger partial charge in [0.05, 0.1) is 28.3 Å². The first-order chi connectivity index (χ1) is 32.5. The number of benzene rings is 4. The van der Waals surface area contributed by atoms with Gasteiger partial charge in [-0.1, -0.05) is 58.0 Å². The second-order valence-electron chi connectivity index (χ2n) is 15.1. The number of hydrogen-bond donors (Lipinski definition) is 7. The smallest absolute Gasteiger partial charge is 0.295 e. The van der Waals surface area contributed by atoms with E-state index in [-0.39, 0.29) is 52.0 Å². The lowest BCUT2D eigenvalue weighted by atomic mass is 10.0. The van der Waals surface area contributed by atoms with E-state index < -0.39 is 40.4 Å². The number of nitrogens with zero attached hydrogens (tertiary/aromatic N) is 2. The minimum Gasteiger partial charge on any atom is -0.508 e. The number of nitrogens with one attached hydrogen (secondary N) is 4. The Morgan fingerprint density at radius 2 is 0.940 bits per heavy atom. The van der Waals surface area contributed by atoms with E-state index in [0.717, 1.165) is 0 Å². The lowest BCUT2D eigenvalue weighted by molar-refractivity contribution is -0.115. The van der Waals surface area contributed by atoms with Crippen LogP contribution in [-0.4, -0.2) is 65.8 Å². The summed E-state index contributed by atoms with van der Waals surface area (Å²) in [5, 5.41) is 37.0. The van der Waals surface area contributed by atoms with E-state index in [1.807, 2.05) is 18.1 Å². The number of carbonyl (C=O) groups is 1. The number of fused-ring (bicyclic) bond motifs is 8. The summed E-state index contributed by atoms with van der Waals surface area (Å²) in [5.41, 5.74) is 3.54. The Hall–Kier alpha value is -7.87. The van der Waals surface area contributed by atoms with Crippen LogP contribution in [0.2, 0.25) is 0 Å². The van der Waals surface area contributed by atoms with E-state index in [4.69, 9.17) is 16.4 Å². The third-order valence-corrected chi connectivity index (χ3v) is 13.3. The Morgan fingerprint density at radius 3 is 1.34 bits per heavy atom. The van der Waals surface area contributed by atoms with Gasteiger partial charge >= 0.3 is 0 Å². The minimum atomic E-state index is -1.67. The quantitative estimate of drug-likeness (QED) is 0.0208. The van der Waals surface area contributed by atoms with E-state index in [0.29, 0.717) is 73.6 Å². The van der Waals surface area contributed by atoms with Gasteiger partial charge in [0.15, 0.2) is 23.3 Å². The zero-order valence-corrected chi connectivity index (χ0v) is 36.6. The minimum absolute atomic E-state index is 0.0274. The summed E-state index contributed by atoms with van der Waals surface area (Å²) in [6.45, 7) is 0.247. The van der Waals surface area contributed by atoms with Gasteiger partial charge in [-0.25, -0.2) is 27.5 Å². The summed E-state index contributed by atoms with van der Waals surface area (Å²) in [4.78, 5) is 28.0. The summed E-state index contributed by atoms with van der Waals surface area (Å²) in [6.07, 6.45) is 11.7. The van der Waals surface area contributed by atoms with Crippen molar-refractivity contribution >= 4 is 79.6 Å². The van der Waals surface area contributed by atoms with Crippen LogP contribution in [0.4, 0.5) is 23.2 Å². The molecule has 2 aliphatic rings. The first-order valence-corrected chi connectivity index (χ1v) is 23.1. The van der Waals surface area contributed by atoms with Crippen LogP contribution in [-0.2, 0) is 4.79 Å². The zero-order valence-electron chi connectivity index (χ0n) is 34.9. The van der Waals surface area contributed by atoms with Gasteiger partial charge in [0.1, 0.15) is 22.9 Å². The molecule has 7 aromatic rings. The molecule has 3 aromatic heterocycles. The molecule has 1 amide bonds. The molecule has 8 bridgehead atoms. The molecule has 9 rings (SSSR count). The highest BCUT2D eigenvalue weighted by atomic mass is 33.1. The molecule has 4 aromatic carbocycles. The molecule has 2 aliphatic heterocycles. The number of anilines is 1. The molecular formula is C51H36F4N6O4S2. The predicted molar refractivity (Wildman–Crippen MR) is 261 cm³/mol. The number of H-pyrrole nitrogens is 2. The average Bonchev–Trinajstić information content (AvgIpc) is 4.17. The van der Waals surface area contributed by atoms with Crippen molar-refractivity contribution < 1.29 is 37.7 Å². The van der Waals surface area contributed by atoms with E-state index in [9.17, 15) is 20.1 Å². The maximum atomic E-state index is 16.7. The largest absolute Gasteiger partial charge is 0.508 e. The molecule has 0 fully saturated rings. The molecule has 16 heteroatoms. The topological polar surface area (TPSA) is 159 Å². The molecule has 0 unspecified atom stereocenters. The van der Waals surface area contributed by atoms with Crippen molar-refractivity contribution in [3.63, 3.8) is 0 Å². The number of terminal acetylenes is 1. The second-order valence-corrected chi connectivity index (χ2v) is 17.8. The van der Waals surface area contributed by atoms with E-state index in [1.165, 1.54) is 58.0 Å². The highest BCUT2D eigenvalue weighted by Crippen LogP contribution is 2.42. The van der Waals surface area contributed by atoms with Crippen molar-refractivity contribution in [1.82, 2.24) is 25.3 Å². The number of hydrogen-bond acceptors (Lipinski definition) is 9. The molecule has 0 saturated heterocycles. The monoisotopic (exact) mass is 936 g/mol. The normalized spacial score (nSPS) is 11.7. The fourth-order valence-electron chi connectivity index (χ4n) is 7.96. The lowest BCUT2D eigenvalue weighted by Gasteiger charge is -2.14. The van der Waals surface area contributed by atoms with Crippen LogP contribution in [0.3, 0.4) is 0 Å². The summed E-state index contributed by atoms with van der Waals surface area (Å²) in [7, 11) is 2.68. The summed E-state index contributed by atoms with van der Waals surface area (Å²) >= 11 is 0. The summed E-state index contributed by atoms with van der Waals surface area (Å²) in [6, 6.07) is 26.4. The van der Waals surface area contributed by atoms with Crippen LogP contribution in [0.25, 0.3) is 90.9 Å². The van der Waals surface area contributed by atoms with Crippen LogP contribution in [0, 0.1) is 35.6 Å². The molecule has 0 aliphatic carbocycles. The molecule has 7 N–H and O–H groups in total. The molecule has 0 radical (unpaired) electrons. The second kappa shape index (κ2) is 18.9. The SMILES string of the molecule is C#CC(=O)NCCSSCCNc1c(F)c(F)c(-c2c3nc(c(-c4cccc(O)c4)c4ccc([nH]4)c(-c4cccc(O)c4)c4nc(c(-c5cccc(O)c5)c5ccc2[nH]5)C=C4)C=C3)c(F)c1F. The highest BCUT2D eigenvalue weighted by Gasteiger charge is 2.30. The van der Waals surface area contributed by atoms with Crippen molar-refractivity contribution in [1.29, 1.82) is 0 Å². The Balaban J connectivity index is 1.29. The summed E-state index contributed by atoms with van der Waals surface area (Å²) in [5.74, 6) is -4.52. The molecule has 10 nitrogen and oxygen atoms in total. The first-order valence-electron chi connectivity index (χ1n) is 20.6. The number of rotatable bonds is 12. The number of aromatic nitrogens is 4. The number of amides is 1. The fourth-order valence-corrected chi connectivity index (χ4v) is 9.78. The number of phenolic OH excluding ortho intramolecular Hbond substituents is 3. The molecule has 334 valence electrons. The molecule has 0 saturated carbocycles. The van der Waals surface area contributed by atoms with E-state index in [1.54, 1.807) is 72.8 Å². The van der Waals surface area contributed by atoms with Gasteiger partial charge < -0.3 is 35.9 Å². The average molecular weight is 937 g/mol. The first kappa shape index (κ1) is 44.3. The van der Waals surface area contributed by atoms with Crippen molar-refractivity contribution in [3.8, 4) is 74.1 Å². The van der Waals surface area contributed by atoms with Crippen molar-refractivity contribution in [2.24, 2.45) is 0 Å². The standard InChI is InChI=1S/C51H36F4N6O4S2/c1-2-41(65)56-20-22-66-67-23-21-57-51-49(54)47(52)46(48(53)50(51)55)45-39-18-16-37(60-39)43(28-7-4-10-31(63)25-28)35-14-12-33(58-35)42(27-6-3-9-30(62)24-27)34-13-15-36(59-34)44(38-17-19-40(45)61-38)29-8-5-11-32(64)26-29/h1,3-19,24-26,57-58,61-64H,20-23H2,(H,56,65). The third kappa shape index (κ3) is 8.94. The number of carbonyl (C=O) groups excluding carboxylic acids is 1. The Morgan fingerprint density at radius 1 is 0.552 bits per heavy atom. The van der Waals surface area contributed by atoms with Crippen molar-refractivity contribution in [2.45, 2.75) is 0 Å². The molecule has 5 heterocycles. The predicted octanol–water partition coefficient (Wildman–Crippen LogP) is 11.5. The van der Waals surface area contributed by atoms with Gasteiger partial charge in [0.25, 0.3) is 5.91 Å². The van der Waals surface area contributed by atoms with Crippen LogP contribution in [0.1, 0.15) is 22.8 Å². The number of aromatic amines is 2. The zero-order chi connectivity index (χ0) is 46.8. The molecule has 67 heavy (non-hydrogen) atoms.